The van der Waals surface area contributed by atoms with Gasteiger partial charge < -0.3 is 10.4 Å². The lowest BCUT2D eigenvalue weighted by Gasteiger charge is -2.23. The summed E-state index contributed by atoms with van der Waals surface area (Å²) < 4.78 is 0. The fraction of sp³-hybridized carbons (Fsp3) is 0.263. The summed E-state index contributed by atoms with van der Waals surface area (Å²) in [5.41, 5.74) is 2.10. The zero-order chi connectivity index (χ0) is 16.8. The molecular formula is C19H21NO3. The van der Waals surface area contributed by atoms with Gasteiger partial charge in [-0.25, -0.2) is 4.79 Å². The fourth-order valence-electron chi connectivity index (χ4n) is 2.47. The maximum absolute atomic E-state index is 12.3. The summed E-state index contributed by atoms with van der Waals surface area (Å²) in [5, 5.41) is 11.9. The van der Waals surface area contributed by atoms with E-state index < -0.39 is 5.97 Å². The van der Waals surface area contributed by atoms with Crippen LogP contribution in [0.15, 0.2) is 54.6 Å². The van der Waals surface area contributed by atoms with E-state index in [9.17, 15) is 9.59 Å². The Balaban J connectivity index is 2.03. The zero-order valence-electron chi connectivity index (χ0n) is 13.3. The standard InChI is InChI=1S/C19H21NO3/c1-13(2)18(15-6-4-3-5-7-15)20-17(21)12-14-8-10-16(11-9-14)19(22)23/h3-11,13,18H,12H2,1-2H3,(H,20,21)(H,22,23). The van der Waals surface area contributed by atoms with E-state index in [0.717, 1.165) is 11.1 Å². The van der Waals surface area contributed by atoms with Crippen molar-refractivity contribution in [1.29, 1.82) is 0 Å². The van der Waals surface area contributed by atoms with Crippen LogP contribution in [0.2, 0.25) is 0 Å². The highest BCUT2D eigenvalue weighted by atomic mass is 16.4. The number of carbonyl (C=O) groups excluding carboxylic acids is 1. The number of carboxylic acids is 1. The van der Waals surface area contributed by atoms with E-state index in [1.165, 1.54) is 12.1 Å². The van der Waals surface area contributed by atoms with Crippen LogP contribution in [0.25, 0.3) is 0 Å². The summed E-state index contributed by atoms with van der Waals surface area (Å²) in [6, 6.07) is 16.2. The number of amides is 1. The first-order valence-corrected chi connectivity index (χ1v) is 7.64. The number of benzene rings is 2. The molecule has 0 aromatic heterocycles. The second-order valence-corrected chi connectivity index (χ2v) is 5.88. The van der Waals surface area contributed by atoms with Crippen molar-refractivity contribution in [3.05, 3.63) is 71.3 Å². The van der Waals surface area contributed by atoms with E-state index in [0.29, 0.717) is 0 Å². The monoisotopic (exact) mass is 311 g/mol. The van der Waals surface area contributed by atoms with Crippen LogP contribution in [0.3, 0.4) is 0 Å². The van der Waals surface area contributed by atoms with Gasteiger partial charge in [0, 0.05) is 0 Å². The van der Waals surface area contributed by atoms with Crippen LogP contribution in [0.5, 0.6) is 0 Å². The lowest BCUT2D eigenvalue weighted by Crippen LogP contribution is -2.32. The molecule has 0 bridgehead atoms. The van der Waals surface area contributed by atoms with Crippen LogP contribution in [0, 0.1) is 5.92 Å². The number of hydrogen-bond acceptors (Lipinski definition) is 2. The molecule has 1 amide bonds. The molecule has 2 aromatic carbocycles. The second-order valence-electron chi connectivity index (χ2n) is 5.88. The minimum atomic E-state index is -0.968. The lowest BCUT2D eigenvalue weighted by atomic mass is 9.95. The molecule has 1 unspecified atom stereocenters. The smallest absolute Gasteiger partial charge is 0.335 e. The van der Waals surface area contributed by atoms with Gasteiger partial charge in [-0.1, -0.05) is 56.3 Å². The van der Waals surface area contributed by atoms with Crippen molar-refractivity contribution in [2.75, 3.05) is 0 Å². The molecule has 120 valence electrons. The van der Waals surface area contributed by atoms with Crippen LogP contribution in [0.1, 0.15) is 41.4 Å². The zero-order valence-corrected chi connectivity index (χ0v) is 13.3. The van der Waals surface area contributed by atoms with Crippen LogP contribution in [-0.4, -0.2) is 17.0 Å². The molecule has 0 fully saturated rings. The van der Waals surface area contributed by atoms with Crippen molar-refractivity contribution < 1.29 is 14.7 Å². The van der Waals surface area contributed by atoms with E-state index in [4.69, 9.17) is 5.11 Å². The Bertz CT molecular complexity index is 663. The van der Waals surface area contributed by atoms with Gasteiger partial charge in [0.05, 0.1) is 18.0 Å². The summed E-state index contributed by atoms with van der Waals surface area (Å²) in [5.74, 6) is -0.767. The van der Waals surface area contributed by atoms with Crippen LogP contribution in [0.4, 0.5) is 0 Å². The van der Waals surface area contributed by atoms with Crippen LogP contribution in [-0.2, 0) is 11.2 Å². The largest absolute Gasteiger partial charge is 0.478 e. The van der Waals surface area contributed by atoms with Crippen molar-refractivity contribution in [3.8, 4) is 0 Å². The normalized spacial score (nSPS) is 12.0. The number of carbonyl (C=O) groups is 2. The summed E-state index contributed by atoms with van der Waals surface area (Å²) in [6.07, 6.45) is 0.232. The molecule has 0 heterocycles. The molecule has 23 heavy (non-hydrogen) atoms. The number of aromatic carboxylic acids is 1. The van der Waals surface area contributed by atoms with Gasteiger partial charge in [0.25, 0.3) is 0 Å². The predicted molar refractivity (Wildman–Crippen MR) is 89.3 cm³/mol. The Morgan fingerprint density at radius 2 is 1.61 bits per heavy atom. The fourth-order valence-corrected chi connectivity index (χ4v) is 2.47. The first-order chi connectivity index (χ1) is 11.0. The summed E-state index contributed by atoms with van der Waals surface area (Å²) in [7, 11) is 0. The molecule has 0 saturated heterocycles. The third-order valence-corrected chi connectivity index (χ3v) is 3.71. The van der Waals surface area contributed by atoms with Crippen LogP contribution >= 0.6 is 0 Å². The molecular weight excluding hydrogens is 290 g/mol. The van der Waals surface area contributed by atoms with Crippen molar-refractivity contribution in [1.82, 2.24) is 5.32 Å². The molecule has 2 rings (SSSR count). The summed E-state index contributed by atoms with van der Waals surface area (Å²) in [6.45, 7) is 4.14. The van der Waals surface area contributed by atoms with Crippen molar-refractivity contribution in [2.24, 2.45) is 5.92 Å². The van der Waals surface area contributed by atoms with E-state index in [2.05, 4.69) is 19.2 Å². The third kappa shape index (κ3) is 4.68. The van der Waals surface area contributed by atoms with Crippen molar-refractivity contribution in [2.45, 2.75) is 26.3 Å². The van der Waals surface area contributed by atoms with E-state index in [1.54, 1.807) is 12.1 Å². The van der Waals surface area contributed by atoms with Gasteiger partial charge >= 0.3 is 5.97 Å². The van der Waals surface area contributed by atoms with E-state index in [1.807, 2.05) is 30.3 Å². The highest BCUT2D eigenvalue weighted by Crippen LogP contribution is 2.21. The topological polar surface area (TPSA) is 66.4 Å². The van der Waals surface area contributed by atoms with E-state index in [-0.39, 0.29) is 29.9 Å². The molecule has 2 N–H and O–H groups in total. The highest BCUT2D eigenvalue weighted by Gasteiger charge is 2.18. The molecule has 2 aromatic rings. The number of carboxylic acid groups (broad SMARTS) is 1. The van der Waals surface area contributed by atoms with Gasteiger partial charge in [0.1, 0.15) is 0 Å². The second kappa shape index (κ2) is 7.58. The summed E-state index contributed by atoms with van der Waals surface area (Å²) in [4.78, 5) is 23.1. The van der Waals surface area contributed by atoms with Gasteiger partial charge in [0.15, 0.2) is 0 Å². The molecule has 0 aliphatic carbocycles. The minimum absolute atomic E-state index is 0.0398. The van der Waals surface area contributed by atoms with E-state index >= 15 is 0 Å². The number of hydrogen-bond donors (Lipinski definition) is 2. The Hall–Kier alpha value is -2.62. The Labute approximate surface area is 136 Å². The average Bonchev–Trinajstić information content (AvgIpc) is 2.53. The number of rotatable bonds is 6. The molecule has 4 nitrogen and oxygen atoms in total. The minimum Gasteiger partial charge on any atom is -0.478 e. The van der Waals surface area contributed by atoms with Gasteiger partial charge in [-0.2, -0.15) is 0 Å². The molecule has 4 heteroatoms. The van der Waals surface area contributed by atoms with Crippen molar-refractivity contribution in [3.63, 3.8) is 0 Å². The SMILES string of the molecule is CC(C)C(NC(=O)Cc1ccc(C(=O)O)cc1)c1ccccc1. The highest BCUT2D eigenvalue weighted by molar-refractivity contribution is 5.87. The Morgan fingerprint density at radius 1 is 1.00 bits per heavy atom. The molecule has 0 aliphatic rings. The molecule has 1 atom stereocenters. The predicted octanol–water partition coefficient (Wildman–Crippen LogP) is 3.44. The van der Waals surface area contributed by atoms with Gasteiger partial charge in [0.2, 0.25) is 5.91 Å². The Kier molecular flexibility index (Phi) is 5.52. The Morgan fingerprint density at radius 3 is 2.13 bits per heavy atom. The lowest BCUT2D eigenvalue weighted by molar-refractivity contribution is -0.121. The van der Waals surface area contributed by atoms with Crippen LogP contribution < -0.4 is 5.32 Å². The van der Waals surface area contributed by atoms with Gasteiger partial charge in [-0.15, -0.1) is 0 Å². The molecule has 0 radical (unpaired) electrons. The molecule has 0 saturated carbocycles. The van der Waals surface area contributed by atoms with Crippen molar-refractivity contribution >= 4 is 11.9 Å². The quantitative estimate of drug-likeness (QED) is 0.859. The first-order valence-electron chi connectivity index (χ1n) is 7.64. The van der Waals surface area contributed by atoms with Gasteiger partial charge in [-0.3, -0.25) is 4.79 Å². The number of nitrogens with one attached hydrogen (secondary N) is 1. The molecule has 0 aliphatic heterocycles. The summed E-state index contributed by atoms with van der Waals surface area (Å²) >= 11 is 0. The average molecular weight is 311 g/mol. The maximum Gasteiger partial charge on any atom is 0.335 e. The van der Waals surface area contributed by atoms with Gasteiger partial charge in [-0.05, 0) is 29.2 Å². The first kappa shape index (κ1) is 16.7. The molecule has 0 spiro atoms. The third-order valence-electron chi connectivity index (χ3n) is 3.71. The maximum atomic E-state index is 12.3.